The third-order valence-corrected chi connectivity index (χ3v) is 3.61. The molecule has 1 N–H and O–H groups in total. The summed E-state index contributed by atoms with van der Waals surface area (Å²) >= 11 is 0. The van der Waals surface area contributed by atoms with Crippen LogP contribution in [0.4, 0.5) is 5.95 Å². The largest absolute Gasteiger partial charge is 0.292 e. The smallest absolute Gasteiger partial charge is 0.255 e. The number of amides is 1. The minimum atomic E-state index is -0.155. The lowest BCUT2D eigenvalue weighted by atomic mass is 10.1. The first-order valence-electron chi connectivity index (χ1n) is 6.93. The van der Waals surface area contributed by atoms with Gasteiger partial charge in [0.1, 0.15) is 0 Å². The van der Waals surface area contributed by atoms with E-state index in [-0.39, 0.29) is 17.4 Å². The fraction of sp³-hybridized carbons (Fsp3) is 0.533. The lowest BCUT2D eigenvalue weighted by Gasteiger charge is -2.15. The number of rotatable bonds is 4. The van der Waals surface area contributed by atoms with Crippen molar-refractivity contribution in [3.8, 4) is 12.3 Å². The van der Waals surface area contributed by atoms with E-state index >= 15 is 0 Å². The third-order valence-electron chi connectivity index (χ3n) is 3.61. The van der Waals surface area contributed by atoms with Gasteiger partial charge in [-0.15, -0.1) is 12.3 Å². The summed E-state index contributed by atoms with van der Waals surface area (Å²) in [6, 6.07) is 0. The van der Waals surface area contributed by atoms with Gasteiger partial charge in [-0.05, 0) is 19.8 Å². The molecule has 0 spiro atoms. The molecule has 1 unspecified atom stereocenters. The van der Waals surface area contributed by atoms with Gasteiger partial charge in [0.25, 0.3) is 5.56 Å². The van der Waals surface area contributed by atoms with Crippen LogP contribution < -0.4 is 10.5 Å². The van der Waals surface area contributed by atoms with Crippen LogP contribution in [-0.4, -0.2) is 22.4 Å². The van der Waals surface area contributed by atoms with Crippen LogP contribution in [0.2, 0.25) is 0 Å². The number of aromatic amines is 1. The van der Waals surface area contributed by atoms with Crippen LogP contribution in [-0.2, 0) is 11.2 Å². The number of nitrogens with zero attached hydrogens (tertiary/aromatic N) is 2. The highest BCUT2D eigenvalue weighted by Gasteiger charge is 2.31. The Bertz CT molecular complexity index is 613. The van der Waals surface area contributed by atoms with E-state index in [4.69, 9.17) is 6.42 Å². The van der Waals surface area contributed by atoms with E-state index in [1.165, 1.54) is 4.90 Å². The molecule has 1 aliphatic heterocycles. The summed E-state index contributed by atoms with van der Waals surface area (Å²) < 4.78 is 0. The van der Waals surface area contributed by atoms with Crippen molar-refractivity contribution < 1.29 is 4.79 Å². The topological polar surface area (TPSA) is 66.1 Å². The Kier molecular flexibility index (Phi) is 4.23. The molecule has 0 saturated carbocycles. The molecule has 5 nitrogen and oxygen atoms in total. The number of H-pyrrole nitrogens is 1. The van der Waals surface area contributed by atoms with E-state index in [0.717, 1.165) is 12.8 Å². The molecule has 0 radical (unpaired) electrons. The van der Waals surface area contributed by atoms with Gasteiger partial charge < -0.3 is 0 Å². The highest BCUT2D eigenvalue weighted by molar-refractivity contribution is 5.94. The molecule has 20 heavy (non-hydrogen) atoms. The predicted molar refractivity (Wildman–Crippen MR) is 77.5 cm³/mol. The second-order valence-electron chi connectivity index (χ2n) is 5.13. The summed E-state index contributed by atoms with van der Waals surface area (Å²) in [7, 11) is 0. The second kappa shape index (κ2) is 5.91. The monoisotopic (exact) mass is 273 g/mol. The van der Waals surface area contributed by atoms with Crippen molar-refractivity contribution in [1.82, 2.24) is 9.97 Å². The van der Waals surface area contributed by atoms with Crippen molar-refractivity contribution in [2.24, 2.45) is 5.92 Å². The van der Waals surface area contributed by atoms with E-state index in [0.29, 0.717) is 36.6 Å². The standard InChI is InChI=1S/C15H19N3O2/c1-4-6-7-12-10(3)16-15(17-14(12)20)18-9-11(5-2)8-13(18)19/h2,11H,4,6-9H2,1,3H3,(H,16,17,20). The van der Waals surface area contributed by atoms with Gasteiger partial charge in [-0.25, -0.2) is 4.98 Å². The van der Waals surface area contributed by atoms with Gasteiger partial charge in [-0.3, -0.25) is 19.5 Å². The van der Waals surface area contributed by atoms with Gasteiger partial charge >= 0.3 is 0 Å². The summed E-state index contributed by atoms with van der Waals surface area (Å²) in [5, 5.41) is 0. The summed E-state index contributed by atoms with van der Waals surface area (Å²) in [5.41, 5.74) is 1.24. The fourth-order valence-corrected chi connectivity index (χ4v) is 2.40. The van der Waals surface area contributed by atoms with Gasteiger partial charge in [0.05, 0.1) is 0 Å². The van der Waals surface area contributed by atoms with Crippen LogP contribution in [0.25, 0.3) is 0 Å². The van der Waals surface area contributed by atoms with E-state index in [1.807, 2.05) is 6.92 Å². The lowest BCUT2D eigenvalue weighted by Crippen LogP contribution is -2.30. The second-order valence-corrected chi connectivity index (χ2v) is 5.13. The van der Waals surface area contributed by atoms with Gasteiger partial charge in [-0.2, -0.15) is 0 Å². The number of terminal acetylenes is 1. The van der Waals surface area contributed by atoms with Crippen molar-refractivity contribution >= 4 is 11.9 Å². The number of aryl methyl sites for hydroxylation is 1. The summed E-state index contributed by atoms with van der Waals surface area (Å²) in [6.45, 7) is 4.31. The lowest BCUT2D eigenvalue weighted by molar-refractivity contribution is -0.117. The zero-order valence-electron chi connectivity index (χ0n) is 11.9. The van der Waals surface area contributed by atoms with Crippen molar-refractivity contribution in [1.29, 1.82) is 0 Å². The van der Waals surface area contributed by atoms with E-state index < -0.39 is 0 Å². The number of hydrogen-bond donors (Lipinski definition) is 1. The molecule has 0 aliphatic carbocycles. The Morgan fingerprint density at radius 2 is 2.25 bits per heavy atom. The summed E-state index contributed by atoms with van der Waals surface area (Å²) in [4.78, 5) is 32.6. The van der Waals surface area contributed by atoms with Crippen molar-refractivity contribution in [2.45, 2.75) is 39.5 Å². The number of hydrogen-bond acceptors (Lipinski definition) is 3. The molecule has 1 atom stereocenters. The van der Waals surface area contributed by atoms with Crippen molar-refractivity contribution in [2.75, 3.05) is 11.4 Å². The maximum absolute atomic E-state index is 12.1. The highest BCUT2D eigenvalue weighted by Crippen LogP contribution is 2.21. The minimum Gasteiger partial charge on any atom is -0.292 e. The van der Waals surface area contributed by atoms with Crippen LogP contribution in [0, 0.1) is 25.2 Å². The molecule has 5 heteroatoms. The maximum Gasteiger partial charge on any atom is 0.255 e. The SMILES string of the molecule is C#CC1CC(=O)N(c2nc(C)c(CCCC)c(=O)[nH]2)C1. The number of carbonyl (C=O) groups is 1. The van der Waals surface area contributed by atoms with Crippen LogP contribution in [0.5, 0.6) is 0 Å². The zero-order chi connectivity index (χ0) is 14.7. The molecular formula is C15H19N3O2. The predicted octanol–water partition coefficient (Wildman–Crippen LogP) is 1.41. The molecule has 2 rings (SSSR count). The highest BCUT2D eigenvalue weighted by atomic mass is 16.2. The molecule has 1 amide bonds. The van der Waals surface area contributed by atoms with E-state index in [1.54, 1.807) is 0 Å². The number of aromatic nitrogens is 2. The van der Waals surface area contributed by atoms with Crippen LogP contribution in [0.1, 0.15) is 37.4 Å². The first-order valence-corrected chi connectivity index (χ1v) is 6.93. The number of nitrogens with one attached hydrogen (secondary N) is 1. The number of carbonyl (C=O) groups excluding carboxylic acids is 1. The molecule has 1 aromatic heterocycles. The Hall–Kier alpha value is -2.09. The first-order chi connectivity index (χ1) is 9.56. The Balaban J connectivity index is 2.29. The molecule has 0 bridgehead atoms. The molecule has 1 fully saturated rings. The normalized spacial score (nSPS) is 18.4. The first kappa shape index (κ1) is 14.3. The van der Waals surface area contributed by atoms with Crippen LogP contribution in [0.3, 0.4) is 0 Å². The minimum absolute atomic E-state index is 0.0863. The Morgan fingerprint density at radius 3 is 2.80 bits per heavy atom. The molecule has 1 saturated heterocycles. The average molecular weight is 273 g/mol. The molecule has 1 aromatic rings. The van der Waals surface area contributed by atoms with E-state index in [2.05, 4.69) is 22.8 Å². The molecule has 2 heterocycles. The molecule has 106 valence electrons. The Morgan fingerprint density at radius 1 is 1.50 bits per heavy atom. The van der Waals surface area contributed by atoms with Gasteiger partial charge in [0.15, 0.2) is 0 Å². The van der Waals surface area contributed by atoms with Crippen molar-refractivity contribution in [3.63, 3.8) is 0 Å². The van der Waals surface area contributed by atoms with Gasteiger partial charge in [0, 0.05) is 30.1 Å². The van der Waals surface area contributed by atoms with Crippen molar-refractivity contribution in [3.05, 3.63) is 21.6 Å². The van der Waals surface area contributed by atoms with Crippen LogP contribution in [0.15, 0.2) is 4.79 Å². The molecule has 1 aliphatic rings. The molecule has 0 aromatic carbocycles. The maximum atomic E-state index is 12.1. The van der Waals surface area contributed by atoms with E-state index in [9.17, 15) is 9.59 Å². The third kappa shape index (κ3) is 2.74. The quantitative estimate of drug-likeness (QED) is 0.843. The zero-order valence-corrected chi connectivity index (χ0v) is 11.9. The number of anilines is 1. The Labute approximate surface area is 118 Å². The molecular weight excluding hydrogens is 254 g/mol. The number of unbranched alkanes of at least 4 members (excludes halogenated alkanes) is 1. The summed E-state index contributed by atoms with van der Waals surface area (Å²) in [5.74, 6) is 2.71. The summed E-state index contributed by atoms with van der Waals surface area (Å²) in [6.07, 6.45) is 8.36. The van der Waals surface area contributed by atoms with Gasteiger partial charge in [-0.1, -0.05) is 13.3 Å². The average Bonchev–Trinajstić information content (AvgIpc) is 2.79. The fourth-order valence-electron chi connectivity index (χ4n) is 2.40. The van der Waals surface area contributed by atoms with Gasteiger partial charge in [0.2, 0.25) is 11.9 Å². The van der Waals surface area contributed by atoms with Crippen LogP contribution >= 0.6 is 0 Å².